The lowest BCUT2D eigenvalue weighted by Gasteiger charge is -2.32. The molecule has 1 heterocycles. The van der Waals surface area contributed by atoms with E-state index >= 15 is 0 Å². The van der Waals surface area contributed by atoms with Gasteiger partial charge in [-0.05, 0) is 49.9 Å². The Labute approximate surface area is 148 Å². The topological polar surface area (TPSA) is 70.7 Å². The van der Waals surface area contributed by atoms with Crippen LogP contribution in [0.2, 0.25) is 0 Å². The zero-order valence-electron chi connectivity index (χ0n) is 14.8. The molecule has 2 amide bonds. The SMILES string of the molecule is COc1ccc(NC(=O)CCN2CCC(NC(=O)C3CC3)CC2)cc1. The van der Waals surface area contributed by atoms with Crippen LogP contribution in [0.15, 0.2) is 24.3 Å². The van der Waals surface area contributed by atoms with E-state index in [2.05, 4.69) is 15.5 Å². The average Bonchev–Trinajstić information content (AvgIpc) is 3.47. The number of carbonyl (C=O) groups is 2. The van der Waals surface area contributed by atoms with Crippen molar-refractivity contribution in [3.8, 4) is 5.75 Å². The van der Waals surface area contributed by atoms with Crippen molar-refractivity contribution in [1.29, 1.82) is 0 Å². The maximum atomic E-state index is 12.1. The number of amides is 2. The lowest BCUT2D eigenvalue weighted by atomic mass is 10.0. The fourth-order valence-electron chi connectivity index (χ4n) is 3.12. The Morgan fingerprint density at radius 3 is 2.40 bits per heavy atom. The van der Waals surface area contributed by atoms with Crippen molar-refractivity contribution < 1.29 is 14.3 Å². The van der Waals surface area contributed by atoms with E-state index in [0.29, 0.717) is 12.5 Å². The van der Waals surface area contributed by atoms with Crippen LogP contribution in [0.3, 0.4) is 0 Å². The van der Waals surface area contributed by atoms with Crippen molar-refractivity contribution in [2.75, 3.05) is 32.1 Å². The number of benzene rings is 1. The van der Waals surface area contributed by atoms with Crippen LogP contribution in [0, 0.1) is 5.92 Å². The van der Waals surface area contributed by atoms with Gasteiger partial charge in [0.1, 0.15) is 5.75 Å². The lowest BCUT2D eigenvalue weighted by molar-refractivity contribution is -0.123. The summed E-state index contributed by atoms with van der Waals surface area (Å²) in [6.07, 6.45) is 4.52. The van der Waals surface area contributed by atoms with Crippen molar-refractivity contribution >= 4 is 17.5 Å². The molecule has 6 heteroatoms. The second-order valence-corrected chi connectivity index (χ2v) is 6.93. The molecule has 0 atom stereocenters. The quantitative estimate of drug-likeness (QED) is 0.793. The summed E-state index contributed by atoms with van der Waals surface area (Å²) in [5.74, 6) is 1.31. The van der Waals surface area contributed by atoms with Crippen LogP contribution in [-0.2, 0) is 9.59 Å². The summed E-state index contributed by atoms with van der Waals surface area (Å²) in [6, 6.07) is 7.64. The van der Waals surface area contributed by atoms with E-state index in [1.807, 2.05) is 24.3 Å². The van der Waals surface area contributed by atoms with Crippen molar-refractivity contribution in [3.63, 3.8) is 0 Å². The van der Waals surface area contributed by atoms with E-state index in [1.165, 1.54) is 0 Å². The number of nitrogens with zero attached hydrogens (tertiary/aromatic N) is 1. The van der Waals surface area contributed by atoms with Crippen LogP contribution in [0.5, 0.6) is 5.75 Å². The zero-order chi connectivity index (χ0) is 17.6. The van der Waals surface area contributed by atoms with Gasteiger partial charge in [-0.25, -0.2) is 0 Å². The maximum Gasteiger partial charge on any atom is 0.225 e. The number of rotatable bonds is 7. The van der Waals surface area contributed by atoms with Crippen molar-refractivity contribution in [2.24, 2.45) is 5.92 Å². The largest absolute Gasteiger partial charge is 0.497 e. The Morgan fingerprint density at radius 1 is 1.12 bits per heavy atom. The molecule has 1 aromatic rings. The summed E-state index contributed by atoms with van der Waals surface area (Å²) >= 11 is 0. The molecular weight excluding hydrogens is 318 g/mol. The van der Waals surface area contributed by atoms with Gasteiger partial charge >= 0.3 is 0 Å². The molecule has 0 unspecified atom stereocenters. The fourth-order valence-corrected chi connectivity index (χ4v) is 3.12. The van der Waals surface area contributed by atoms with E-state index in [0.717, 1.165) is 56.8 Å². The summed E-state index contributed by atoms with van der Waals surface area (Å²) in [5, 5.41) is 6.06. The van der Waals surface area contributed by atoms with Gasteiger partial charge in [0.25, 0.3) is 0 Å². The highest BCUT2D eigenvalue weighted by atomic mass is 16.5. The van der Waals surface area contributed by atoms with Crippen LogP contribution in [0.1, 0.15) is 32.1 Å². The third kappa shape index (κ3) is 5.46. The Bertz CT molecular complexity index is 590. The van der Waals surface area contributed by atoms with Crippen molar-refractivity contribution in [2.45, 2.75) is 38.1 Å². The molecule has 6 nitrogen and oxygen atoms in total. The summed E-state index contributed by atoms with van der Waals surface area (Å²) < 4.78 is 5.10. The average molecular weight is 345 g/mol. The number of anilines is 1. The van der Waals surface area contributed by atoms with Gasteiger partial charge < -0.3 is 20.3 Å². The summed E-state index contributed by atoms with van der Waals surface area (Å²) in [5.41, 5.74) is 0.785. The molecule has 1 aromatic carbocycles. The minimum atomic E-state index is 0.0225. The van der Waals surface area contributed by atoms with Crippen LogP contribution >= 0.6 is 0 Å². The highest BCUT2D eigenvalue weighted by molar-refractivity contribution is 5.90. The molecule has 136 valence electrons. The Hall–Kier alpha value is -2.08. The van der Waals surface area contributed by atoms with Crippen LogP contribution in [-0.4, -0.2) is 49.5 Å². The predicted molar refractivity (Wildman–Crippen MR) is 96.6 cm³/mol. The first-order valence-electron chi connectivity index (χ1n) is 9.10. The first kappa shape index (κ1) is 17.7. The van der Waals surface area contributed by atoms with E-state index in [1.54, 1.807) is 7.11 Å². The number of carbonyl (C=O) groups excluding carboxylic acids is 2. The maximum absolute atomic E-state index is 12.1. The van der Waals surface area contributed by atoms with Gasteiger partial charge in [0, 0.05) is 43.7 Å². The van der Waals surface area contributed by atoms with Gasteiger partial charge in [0.05, 0.1) is 7.11 Å². The molecule has 1 aliphatic carbocycles. The zero-order valence-corrected chi connectivity index (χ0v) is 14.8. The number of likely N-dealkylation sites (tertiary alicyclic amines) is 1. The van der Waals surface area contributed by atoms with Crippen LogP contribution in [0.4, 0.5) is 5.69 Å². The van der Waals surface area contributed by atoms with Gasteiger partial charge in [-0.15, -0.1) is 0 Å². The van der Waals surface area contributed by atoms with Gasteiger partial charge in [-0.2, -0.15) is 0 Å². The van der Waals surface area contributed by atoms with E-state index < -0.39 is 0 Å². The monoisotopic (exact) mass is 345 g/mol. The third-order valence-electron chi connectivity index (χ3n) is 4.91. The molecule has 0 aromatic heterocycles. The number of ether oxygens (including phenoxy) is 1. The molecule has 1 saturated heterocycles. The first-order chi connectivity index (χ1) is 12.1. The first-order valence-corrected chi connectivity index (χ1v) is 9.10. The Kier molecular flexibility index (Phi) is 5.91. The van der Waals surface area contributed by atoms with Gasteiger partial charge in [-0.3, -0.25) is 9.59 Å². The highest BCUT2D eigenvalue weighted by Crippen LogP contribution is 2.29. The summed E-state index contributed by atoms with van der Waals surface area (Å²) in [7, 11) is 1.62. The number of hydrogen-bond donors (Lipinski definition) is 2. The molecule has 3 rings (SSSR count). The summed E-state index contributed by atoms with van der Waals surface area (Å²) in [6.45, 7) is 2.63. The molecular formula is C19H27N3O3. The fraction of sp³-hybridized carbons (Fsp3) is 0.579. The van der Waals surface area contributed by atoms with Crippen molar-refractivity contribution in [3.05, 3.63) is 24.3 Å². The number of hydrogen-bond acceptors (Lipinski definition) is 4. The van der Waals surface area contributed by atoms with Crippen LogP contribution in [0.25, 0.3) is 0 Å². The van der Waals surface area contributed by atoms with E-state index in [4.69, 9.17) is 4.74 Å². The van der Waals surface area contributed by atoms with Gasteiger partial charge in [0.2, 0.25) is 11.8 Å². The van der Waals surface area contributed by atoms with E-state index in [9.17, 15) is 9.59 Å². The highest BCUT2D eigenvalue weighted by Gasteiger charge is 2.31. The molecule has 25 heavy (non-hydrogen) atoms. The number of piperidine rings is 1. The number of nitrogens with one attached hydrogen (secondary N) is 2. The molecule has 1 aliphatic heterocycles. The lowest BCUT2D eigenvalue weighted by Crippen LogP contribution is -2.45. The third-order valence-corrected chi connectivity index (χ3v) is 4.91. The summed E-state index contributed by atoms with van der Waals surface area (Å²) in [4.78, 5) is 26.2. The number of methoxy groups -OCH3 is 1. The molecule has 2 fully saturated rings. The second-order valence-electron chi connectivity index (χ2n) is 6.93. The standard InChI is InChI=1S/C19H27N3O3/c1-25-17-6-4-15(5-7-17)20-18(23)10-13-22-11-8-16(9-12-22)21-19(24)14-2-3-14/h4-7,14,16H,2-3,8-13H2,1H3,(H,20,23)(H,21,24). The Balaban J connectivity index is 1.33. The molecule has 0 spiro atoms. The van der Waals surface area contributed by atoms with Crippen molar-refractivity contribution in [1.82, 2.24) is 10.2 Å². The van der Waals surface area contributed by atoms with Gasteiger partial charge in [-0.1, -0.05) is 0 Å². The van der Waals surface area contributed by atoms with Gasteiger partial charge in [0.15, 0.2) is 0 Å². The molecule has 0 radical (unpaired) electrons. The predicted octanol–water partition coefficient (Wildman–Crippen LogP) is 2.01. The van der Waals surface area contributed by atoms with E-state index in [-0.39, 0.29) is 17.7 Å². The second kappa shape index (κ2) is 8.34. The smallest absolute Gasteiger partial charge is 0.225 e. The normalized spacial score (nSPS) is 18.6. The van der Waals surface area contributed by atoms with Crippen LogP contribution < -0.4 is 15.4 Å². The molecule has 1 saturated carbocycles. The molecule has 2 N–H and O–H groups in total. The Morgan fingerprint density at radius 2 is 1.80 bits per heavy atom. The minimum absolute atomic E-state index is 0.0225. The minimum Gasteiger partial charge on any atom is -0.497 e. The molecule has 2 aliphatic rings. The molecule has 0 bridgehead atoms.